The van der Waals surface area contributed by atoms with Crippen LogP contribution in [0.5, 0.6) is 11.5 Å². The first-order chi connectivity index (χ1) is 12.6. The quantitative estimate of drug-likeness (QED) is 0.726. The highest BCUT2D eigenvalue weighted by Crippen LogP contribution is 2.51. The van der Waals surface area contributed by atoms with Crippen molar-refractivity contribution in [2.24, 2.45) is 0 Å². The zero-order valence-electron chi connectivity index (χ0n) is 15.2. The molecule has 5 nitrogen and oxygen atoms in total. The lowest BCUT2D eigenvalue weighted by molar-refractivity contribution is -0.118. The number of aryl methyl sites for hydroxylation is 1. The molecule has 26 heavy (non-hydrogen) atoms. The monoisotopic (exact) mass is 350 g/mol. The van der Waals surface area contributed by atoms with Crippen molar-refractivity contribution in [3.05, 3.63) is 53.7 Å². The van der Waals surface area contributed by atoms with Crippen LogP contribution in [0.3, 0.4) is 0 Å². The smallest absolute Gasteiger partial charge is 0.235 e. The van der Waals surface area contributed by atoms with Gasteiger partial charge in [0.15, 0.2) is 0 Å². The van der Waals surface area contributed by atoms with Gasteiger partial charge in [-0.3, -0.25) is 4.79 Å². The third-order valence-electron chi connectivity index (χ3n) is 5.19. The van der Waals surface area contributed by atoms with E-state index in [0.717, 1.165) is 40.6 Å². The summed E-state index contributed by atoms with van der Waals surface area (Å²) in [6.07, 6.45) is 3.61. The van der Waals surface area contributed by atoms with Gasteiger partial charge in [0.2, 0.25) is 5.91 Å². The van der Waals surface area contributed by atoms with Crippen LogP contribution >= 0.6 is 0 Å². The first-order valence-corrected chi connectivity index (χ1v) is 8.69. The van der Waals surface area contributed by atoms with Crippen LogP contribution in [0.4, 0.5) is 5.69 Å². The molecule has 0 spiro atoms. The van der Waals surface area contributed by atoms with E-state index in [1.807, 2.05) is 49.5 Å². The Morgan fingerprint density at radius 3 is 2.62 bits per heavy atom. The summed E-state index contributed by atoms with van der Waals surface area (Å²) in [6.45, 7) is 1.99. The van der Waals surface area contributed by atoms with Gasteiger partial charge in [0.1, 0.15) is 11.5 Å². The van der Waals surface area contributed by atoms with E-state index in [4.69, 9.17) is 9.47 Å². The minimum atomic E-state index is -0.501. The summed E-state index contributed by atoms with van der Waals surface area (Å²) in [6, 6.07) is 11.7. The Hall–Kier alpha value is -2.95. The molecule has 2 N–H and O–H groups in total. The molecule has 0 radical (unpaired) electrons. The van der Waals surface area contributed by atoms with Crippen LogP contribution in [-0.2, 0) is 10.2 Å². The fraction of sp³-hybridized carbons (Fsp3) is 0.286. The second-order valence-electron chi connectivity index (χ2n) is 6.85. The van der Waals surface area contributed by atoms with Crippen molar-refractivity contribution in [1.82, 2.24) is 4.98 Å². The molecule has 1 aromatic heterocycles. The Morgan fingerprint density at radius 1 is 1.12 bits per heavy atom. The fourth-order valence-corrected chi connectivity index (χ4v) is 3.53. The van der Waals surface area contributed by atoms with E-state index in [9.17, 15) is 4.79 Å². The fourth-order valence-electron chi connectivity index (χ4n) is 3.53. The highest BCUT2D eigenvalue weighted by atomic mass is 16.5. The average Bonchev–Trinajstić information content (AvgIpc) is 3.35. The number of aromatic amines is 1. The van der Waals surface area contributed by atoms with Crippen molar-refractivity contribution >= 4 is 22.5 Å². The second-order valence-corrected chi connectivity index (χ2v) is 6.85. The molecule has 1 saturated carbocycles. The van der Waals surface area contributed by atoms with E-state index >= 15 is 0 Å². The van der Waals surface area contributed by atoms with Gasteiger partial charge in [-0.05, 0) is 61.2 Å². The van der Waals surface area contributed by atoms with Crippen LogP contribution in [0.25, 0.3) is 10.9 Å². The Balaban J connectivity index is 1.70. The van der Waals surface area contributed by atoms with E-state index in [2.05, 4.69) is 10.3 Å². The minimum absolute atomic E-state index is 0.00474. The zero-order valence-corrected chi connectivity index (χ0v) is 15.2. The number of H-pyrrole nitrogens is 1. The lowest BCUT2D eigenvalue weighted by atomic mass is 9.94. The van der Waals surface area contributed by atoms with Crippen LogP contribution in [0.1, 0.15) is 24.0 Å². The van der Waals surface area contributed by atoms with Gasteiger partial charge in [0.25, 0.3) is 0 Å². The second kappa shape index (κ2) is 6.09. The molecule has 1 fully saturated rings. The molecule has 0 aliphatic heterocycles. The van der Waals surface area contributed by atoms with Crippen molar-refractivity contribution in [3.8, 4) is 11.5 Å². The largest absolute Gasteiger partial charge is 0.497 e. The molecular formula is C21H22N2O3. The van der Waals surface area contributed by atoms with E-state index in [1.54, 1.807) is 14.2 Å². The van der Waals surface area contributed by atoms with Gasteiger partial charge < -0.3 is 19.8 Å². The maximum absolute atomic E-state index is 13.2. The number of nitrogens with one attached hydrogen (secondary N) is 2. The van der Waals surface area contributed by atoms with Crippen molar-refractivity contribution in [2.45, 2.75) is 25.2 Å². The highest BCUT2D eigenvalue weighted by molar-refractivity contribution is 6.05. The molecule has 0 atom stereocenters. The number of fused-ring (bicyclic) bond motifs is 1. The number of ether oxygens (including phenoxy) is 2. The number of carbonyl (C=O) groups excluding carboxylic acids is 1. The van der Waals surface area contributed by atoms with Crippen molar-refractivity contribution < 1.29 is 14.3 Å². The number of anilines is 1. The molecular weight excluding hydrogens is 328 g/mol. The number of hydrogen-bond acceptors (Lipinski definition) is 3. The topological polar surface area (TPSA) is 63.4 Å². The summed E-state index contributed by atoms with van der Waals surface area (Å²) in [5.74, 6) is 1.46. The standard InChI is InChI=1S/C21H22N2O3/c1-13-4-7-19(26-3)18(10-13)23-20(24)21(8-9-21)16-12-22-17-6-5-14(25-2)11-15(16)17/h4-7,10-12,22H,8-9H2,1-3H3,(H,23,24). The maximum Gasteiger partial charge on any atom is 0.235 e. The molecule has 0 bridgehead atoms. The summed E-state index contributed by atoms with van der Waals surface area (Å²) < 4.78 is 10.7. The molecule has 134 valence electrons. The summed E-state index contributed by atoms with van der Waals surface area (Å²) in [7, 11) is 3.26. The van der Waals surface area contributed by atoms with Gasteiger partial charge >= 0.3 is 0 Å². The number of methoxy groups -OCH3 is 2. The SMILES string of the molecule is COc1ccc2[nH]cc(C3(C(=O)Nc4cc(C)ccc4OC)CC3)c2c1. The third-order valence-corrected chi connectivity index (χ3v) is 5.19. The highest BCUT2D eigenvalue weighted by Gasteiger charge is 2.52. The van der Waals surface area contributed by atoms with E-state index in [-0.39, 0.29) is 5.91 Å². The predicted molar refractivity (Wildman–Crippen MR) is 102 cm³/mol. The first kappa shape index (κ1) is 16.5. The number of benzene rings is 2. The molecule has 1 aliphatic carbocycles. The molecule has 2 aromatic carbocycles. The van der Waals surface area contributed by atoms with E-state index < -0.39 is 5.41 Å². The predicted octanol–water partition coefficient (Wildman–Crippen LogP) is 4.16. The van der Waals surface area contributed by atoms with Crippen LogP contribution in [0.15, 0.2) is 42.6 Å². The molecule has 1 amide bonds. The van der Waals surface area contributed by atoms with E-state index in [0.29, 0.717) is 11.4 Å². The van der Waals surface area contributed by atoms with Crippen molar-refractivity contribution in [2.75, 3.05) is 19.5 Å². The number of hydrogen-bond donors (Lipinski definition) is 2. The molecule has 5 heteroatoms. The normalized spacial score (nSPS) is 14.9. The van der Waals surface area contributed by atoms with Gasteiger partial charge in [-0.2, -0.15) is 0 Å². The number of carbonyl (C=O) groups is 1. The van der Waals surface area contributed by atoms with Crippen LogP contribution in [0, 0.1) is 6.92 Å². The molecule has 0 unspecified atom stereocenters. The number of aromatic nitrogens is 1. The Labute approximate surface area is 152 Å². The Kier molecular flexibility index (Phi) is 3.87. The Morgan fingerprint density at radius 2 is 1.92 bits per heavy atom. The minimum Gasteiger partial charge on any atom is -0.497 e. The van der Waals surface area contributed by atoms with Gasteiger partial charge in [-0.1, -0.05) is 6.07 Å². The summed E-state index contributed by atoms with van der Waals surface area (Å²) >= 11 is 0. The molecule has 3 aromatic rings. The lowest BCUT2D eigenvalue weighted by Crippen LogP contribution is -2.27. The summed E-state index contributed by atoms with van der Waals surface area (Å²) in [5.41, 5.74) is 3.31. The van der Waals surface area contributed by atoms with Crippen LogP contribution < -0.4 is 14.8 Å². The molecule has 1 heterocycles. The van der Waals surface area contributed by atoms with Gasteiger partial charge in [-0.15, -0.1) is 0 Å². The van der Waals surface area contributed by atoms with Gasteiger partial charge in [0.05, 0.1) is 25.3 Å². The van der Waals surface area contributed by atoms with Crippen molar-refractivity contribution in [1.29, 1.82) is 0 Å². The lowest BCUT2D eigenvalue weighted by Gasteiger charge is -2.17. The Bertz CT molecular complexity index is 986. The molecule has 0 saturated heterocycles. The first-order valence-electron chi connectivity index (χ1n) is 8.69. The summed E-state index contributed by atoms with van der Waals surface area (Å²) in [5, 5.41) is 4.11. The zero-order chi connectivity index (χ0) is 18.3. The number of amides is 1. The maximum atomic E-state index is 13.2. The van der Waals surface area contributed by atoms with Crippen molar-refractivity contribution in [3.63, 3.8) is 0 Å². The average molecular weight is 350 g/mol. The molecule has 1 aliphatic rings. The van der Waals surface area contributed by atoms with Crippen LogP contribution in [-0.4, -0.2) is 25.1 Å². The summed E-state index contributed by atoms with van der Waals surface area (Å²) in [4.78, 5) is 16.4. The third kappa shape index (κ3) is 2.60. The van der Waals surface area contributed by atoms with Crippen LogP contribution in [0.2, 0.25) is 0 Å². The number of rotatable bonds is 5. The van der Waals surface area contributed by atoms with E-state index in [1.165, 1.54) is 0 Å². The van der Waals surface area contributed by atoms with Gasteiger partial charge in [-0.25, -0.2) is 0 Å². The van der Waals surface area contributed by atoms with Gasteiger partial charge in [0, 0.05) is 17.1 Å². The molecule has 4 rings (SSSR count).